The highest BCUT2D eigenvalue weighted by Gasteiger charge is 2.25. The molecule has 0 aliphatic heterocycles. The monoisotopic (exact) mass is 516 g/mol. The van der Waals surface area contributed by atoms with Crippen LogP contribution in [0, 0.1) is 0 Å². The molecule has 184 valence electrons. The van der Waals surface area contributed by atoms with Gasteiger partial charge in [-0.25, -0.2) is 0 Å². The summed E-state index contributed by atoms with van der Waals surface area (Å²) in [6, 6.07) is 53.8. The first-order valence-electron chi connectivity index (χ1n) is 13.2. The van der Waals surface area contributed by atoms with Gasteiger partial charge in [-0.1, -0.05) is 145 Å². The summed E-state index contributed by atoms with van der Waals surface area (Å²) in [7, 11) is 0. The molecule has 0 aliphatic rings. The molecule has 7 aromatic rings. The van der Waals surface area contributed by atoms with Crippen molar-refractivity contribution in [1.82, 2.24) is 0 Å². The van der Waals surface area contributed by atoms with E-state index in [0.717, 1.165) is 16.1 Å². The van der Waals surface area contributed by atoms with Crippen molar-refractivity contribution in [2.24, 2.45) is 0 Å². The van der Waals surface area contributed by atoms with Crippen molar-refractivity contribution >= 4 is 33.1 Å². The molecular formula is C38H25Cl. The summed E-state index contributed by atoms with van der Waals surface area (Å²) in [5, 5.41) is 5.59. The van der Waals surface area contributed by atoms with E-state index in [2.05, 4.69) is 140 Å². The van der Waals surface area contributed by atoms with Crippen LogP contribution in [0.25, 0.3) is 66.1 Å². The molecule has 0 unspecified atom stereocenters. The van der Waals surface area contributed by atoms with Gasteiger partial charge in [-0.3, -0.25) is 0 Å². The molecule has 7 rings (SSSR count). The first-order chi connectivity index (χ1) is 19.3. The standard InChI is InChI=1S/C38H25Cl/c39-34-23-13-12-22-31(34)38-33-25-30-21-11-10-20-29(30)24-32(33)35(26-14-4-1-5-15-26)36(27-16-6-2-7-17-27)37(38)28-18-8-3-9-19-28/h1-25H. The predicted octanol–water partition coefficient (Wildman–Crippen LogP) is 11.3. The van der Waals surface area contributed by atoms with Crippen LogP contribution in [0.15, 0.2) is 152 Å². The molecule has 0 radical (unpaired) electrons. The molecule has 0 aromatic heterocycles. The van der Waals surface area contributed by atoms with Crippen molar-refractivity contribution in [3.63, 3.8) is 0 Å². The Bertz CT molecular complexity index is 1940. The molecule has 0 saturated carbocycles. The highest BCUT2D eigenvalue weighted by molar-refractivity contribution is 6.34. The van der Waals surface area contributed by atoms with Gasteiger partial charge in [-0.05, 0) is 78.7 Å². The normalized spacial score (nSPS) is 11.2. The van der Waals surface area contributed by atoms with E-state index in [1.165, 1.54) is 54.9 Å². The van der Waals surface area contributed by atoms with Gasteiger partial charge in [0.05, 0.1) is 0 Å². The quantitative estimate of drug-likeness (QED) is 0.204. The average Bonchev–Trinajstić information content (AvgIpc) is 3.00. The first-order valence-corrected chi connectivity index (χ1v) is 13.6. The number of halogens is 1. The minimum Gasteiger partial charge on any atom is -0.0837 e. The van der Waals surface area contributed by atoms with Crippen LogP contribution in [-0.2, 0) is 0 Å². The van der Waals surface area contributed by atoms with E-state index < -0.39 is 0 Å². The molecule has 0 atom stereocenters. The smallest absolute Gasteiger partial charge is 0.0484 e. The van der Waals surface area contributed by atoms with Crippen LogP contribution in [0.1, 0.15) is 0 Å². The van der Waals surface area contributed by atoms with Crippen LogP contribution in [0.3, 0.4) is 0 Å². The number of benzene rings is 7. The molecule has 0 spiro atoms. The van der Waals surface area contributed by atoms with Crippen LogP contribution >= 0.6 is 11.6 Å². The Labute approximate surface area is 233 Å². The summed E-state index contributed by atoms with van der Waals surface area (Å²) < 4.78 is 0. The minimum absolute atomic E-state index is 0.746. The Morgan fingerprint density at radius 2 is 0.718 bits per heavy atom. The van der Waals surface area contributed by atoms with E-state index in [-0.39, 0.29) is 0 Å². The number of hydrogen-bond acceptors (Lipinski definition) is 0. The van der Waals surface area contributed by atoms with Crippen molar-refractivity contribution in [2.45, 2.75) is 0 Å². The summed E-state index contributed by atoms with van der Waals surface area (Å²) in [6.07, 6.45) is 0. The lowest BCUT2D eigenvalue weighted by Crippen LogP contribution is -1.98. The van der Waals surface area contributed by atoms with Gasteiger partial charge in [-0.15, -0.1) is 0 Å². The summed E-state index contributed by atoms with van der Waals surface area (Å²) in [6.45, 7) is 0. The second-order valence-electron chi connectivity index (χ2n) is 9.82. The maximum atomic E-state index is 6.99. The summed E-state index contributed by atoms with van der Waals surface area (Å²) in [5.74, 6) is 0. The minimum atomic E-state index is 0.746. The lowest BCUT2D eigenvalue weighted by atomic mass is 9.78. The molecule has 0 bridgehead atoms. The van der Waals surface area contributed by atoms with Crippen LogP contribution < -0.4 is 0 Å². The Hall–Kier alpha value is -4.65. The van der Waals surface area contributed by atoms with Crippen LogP contribution in [0.4, 0.5) is 0 Å². The number of hydrogen-bond donors (Lipinski definition) is 0. The van der Waals surface area contributed by atoms with Crippen molar-refractivity contribution in [2.75, 3.05) is 0 Å². The second-order valence-corrected chi connectivity index (χ2v) is 10.2. The molecule has 0 aliphatic carbocycles. The molecular weight excluding hydrogens is 492 g/mol. The SMILES string of the molecule is Clc1ccccc1-c1c(-c2ccccc2)c(-c2ccccc2)c(-c2ccccc2)c2cc3ccccc3cc12. The van der Waals surface area contributed by atoms with E-state index in [0.29, 0.717) is 0 Å². The van der Waals surface area contributed by atoms with E-state index in [1.54, 1.807) is 0 Å². The Balaban J connectivity index is 1.81. The van der Waals surface area contributed by atoms with Crippen molar-refractivity contribution < 1.29 is 0 Å². The Morgan fingerprint density at radius 1 is 0.333 bits per heavy atom. The summed E-state index contributed by atoms with van der Waals surface area (Å²) in [5.41, 5.74) is 9.37. The molecule has 39 heavy (non-hydrogen) atoms. The van der Waals surface area contributed by atoms with Crippen molar-refractivity contribution in [1.29, 1.82) is 0 Å². The fourth-order valence-corrected chi connectivity index (χ4v) is 6.04. The zero-order valence-corrected chi connectivity index (χ0v) is 22.1. The maximum absolute atomic E-state index is 6.99. The van der Waals surface area contributed by atoms with E-state index >= 15 is 0 Å². The summed E-state index contributed by atoms with van der Waals surface area (Å²) in [4.78, 5) is 0. The molecule has 0 N–H and O–H groups in total. The maximum Gasteiger partial charge on any atom is 0.0484 e. The van der Waals surface area contributed by atoms with Crippen molar-refractivity contribution in [3.8, 4) is 44.5 Å². The third kappa shape index (κ3) is 4.11. The predicted molar refractivity (Wildman–Crippen MR) is 168 cm³/mol. The van der Waals surface area contributed by atoms with E-state index in [1.807, 2.05) is 12.1 Å². The highest BCUT2D eigenvalue weighted by atomic mass is 35.5. The molecule has 0 saturated heterocycles. The first kappa shape index (κ1) is 23.5. The van der Waals surface area contributed by atoms with Crippen LogP contribution in [-0.4, -0.2) is 0 Å². The fourth-order valence-electron chi connectivity index (χ4n) is 5.81. The van der Waals surface area contributed by atoms with Gasteiger partial charge in [0, 0.05) is 10.6 Å². The van der Waals surface area contributed by atoms with Gasteiger partial charge in [-0.2, -0.15) is 0 Å². The van der Waals surface area contributed by atoms with Gasteiger partial charge < -0.3 is 0 Å². The summed E-state index contributed by atoms with van der Waals surface area (Å²) >= 11 is 6.99. The van der Waals surface area contributed by atoms with Gasteiger partial charge in [0.25, 0.3) is 0 Å². The largest absolute Gasteiger partial charge is 0.0837 e. The number of fused-ring (bicyclic) bond motifs is 2. The van der Waals surface area contributed by atoms with Crippen LogP contribution in [0.2, 0.25) is 5.02 Å². The Kier molecular flexibility index (Phi) is 5.96. The molecule has 7 aromatic carbocycles. The topological polar surface area (TPSA) is 0 Å². The van der Waals surface area contributed by atoms with E-state index in [9.17, 15) is 0 Å². The fraction of sp³-hybridized carbons (Fsp3) is 0. The molecule has 1 heteroatoms. The van der Waals surface area contributed by atoms with Gasteiger partial charge in [0.15, 0.2) is 0 Å². The molecule has 0 heterocycles. The van der Waals surface area contributed by atoms with Crippen LogP contribution in [0.5, 0.6) is 0 Å². The van der Waals surface area contributed by atoms with Gasteiger partial charge in [0.1, 0.15) is 0 Å². The third-order valence-electron chi connectivity index (χ3n) is 7.51. The molecule has 0 amide bonds. The van der Waals surface area contributed by atoms with Gasteiger partial charge in [0.2, 0.25) is 0 Å². The zero-order valence-electron chi connectivity index (χ0n) is 21.3. The van der Waals surface area contributed by atoms with Crippen molar-refractivity contribution in [3.05, 3.63) is 157 Å². The Morgan fingerprint density at radius 3 is 1.23 bits per heavy atom. The molecule has 0 nitrogen and oxygen atoms in total. The number of rotatable bonds is 4. The average molecular weight is 517 g/mol. The lowest BCUT2D eigenvalue weighted by Gasteiger charge is -2.25. The molecule has 0 fully saturated rings. The van der Waals surface area contributed by atoms with E-state index in [4.69, 9.17) is 11.6 Å². The van der Waals surface area contributed by atoms with Gasteiger partial charge >= 0.3 is 0 Å². The highest BCUT2D eigenvalue weighted by Crippen LogP contribution is 2.52. The lowest BCUT2D eigenvalue weighted by molar-refractivity contribution is 1.57. The zero-order chi connectivity index (χ0) is 26.2. The second kappa shape index (κ2) is 9.91. The third-order valence-corrected chi connectivity index (χ3v) is 7.83.